The van der Waals surface area contributed by atoms with Crippen LogP contribution in [0.5, 0.6) is 0 Å². The van der Waals surface area contributed by atoms with E-state index in [1.807, 2.05) is 45.9 Å². The first-order chi connectivity index (χ1) is 15.2. The second kappa shape index (κ2) is 9.59. The van der Waals surface area contributed by atoms with Crippen molar-refractivity contribution in [1.82, 2.24) is 20.1 Å². The molecule has 2 aliphatic heterocycles. The topological polar surface area (TPSA) is 66.4 Å². The molecular weight excluding hydrogens is 491 g/mol. The van der Waals surface area contributed by atoms with E-state index in [0.29, 0.717) is 30.7 Å². The number of halogens is 3. The summed E-state index contributed by atoms with van der Waals surface area (Å²) in [7, 11) is 0. The first-order valence-electron chi connectivity index (χ1n) is 10.4. The van der Waals surface area contributed by atoms with Crippen molar-refractivity contribution in [3.05, 3.63) is 70.1 Å². The molecule has 1 saturated heterocycles. The van der Waals surface area contributed by atoms with Gasteiger partial charge in [-0.15, -0.1) is 0 Å². The van der Waals surface area contributed by atoms with Gasteiger partial charge in [-0.2, -0.15) is 0 Å². The Balaban J connectivity index is 1.43. The van der Waals surface area contributed by atoms with Crippen molar-refractivity contribution >= 4 is 58.0 Å². The van der Waals surface area contributed by atoms with Crippen LogP contribution in [0.1, 0.15) is 23.6 Å². The normalized spacial score (nSPS) is 20.8. The van der Waals surface area contributed by atoms with Crippen LogP contribution in [0.15, 0.2) is 53.3 Å². The molecule has 1 fully saturated rings. The van der Waals surface area contributed by atoms with Crippen molar-refractivity contribution in [3.8, 4) is 0 Å². The summed E-state index contributed by atoms with van der Waals surface area (Å²) in [6.07, 6.45) is 0.170. The molecule has 2 aliphatic rings. The minimum absolute atomic E-state index is 0.0312. The number of piperidine rings is 1. The third-order valence-corrected chi connectivity index (χ3v) is 6.91. The lowest BCUT2D eigenvalue weighted by Gasteiger charge is -2.44. The maximum Gasteiger partial charge on any atom is 0.250 e. The predicted octanol–water partition coefficient (Wildman–Crippen LogP) is 3.20. The van der Waals surface area contributed by atoms with Crippen LogP contribution >= 0.6 is 47.0 Å². The van der Waals surface area contributed by atoms with E-state index in [1.54, 1.807) is 12.1 Å². The molecule has 2 aromatic rings. The molecule has 1 amide bonds. The highest BCUT2D eigenvalue weighted by molar-refractivity contribution is 7.80. The molecule has 0 radical (unpaired) electrons. The van der Waals surface area contributed by atoms with E-state index in [0.717, 1.165) is 17.7 Å². The zero-order valence-electron chi connectivity index (χ0n) is 17.1. The summed E-state index contributed by atoms with van der Waals surface area (Å²) < 4.78 is 0.0581. The lowest BCUT2D eigenvalue weighted by molar-refractivity contribution is -0.121. The standard InChI is InChI=1S/C22H23Cl3N4O2S/c23-22(24,25)20(26-18(30)10-14-5-2-1-3-6-14)27-21(32)28-11-15-9-16(13-28)17-7-4-8-19(31)29(17)12-15/h1-8,15-16,20H,9-13H2,(H,26,30)(H,27,32)/t15-,16-,20+/m0/s1. The molecule has 2 bridgehead atoms. The third-order valence-electron chi connectivity index (χ3n) is 5.87. The van der Waals surface area contributed by atoms with Gasteiger partial charge in [-0.1, -0.05) is 71.2 Å². The molecule has 0 aliphatic carbocycles. The van der Waals surface area contributed by atoms with Gasteiger partial charge in [0, 0.05) is 37.3 Å². The Morgan fingerprint density at radius 1 is 1.06 bits per heavy atom. The number of thiocarbonyl (C=S) groups is 1. The van der Waals surface area contributed by atoms with Gasteiger partial charge in [0.25, 0.3) is 5.56 Å². The van der Waals surface area contributed by atoms with Crippen LogP contribution in [-0.4, -0.2) is 43.5 Å². The molecule has 170 valence electrons. The van der Waals surface area contributed by atoms with Crippen molar-refractivity contribution in [2.24, 2.45) is 5.92 Å². The van der Waals surface area contributed by atoms with Crippen LogP contribution in [0.2, 0.25) is 0 Å². The summed E-state index contributed by atoms with van der Waals surface area (Å²) in [5, 5.41) is 6.18. The average Bonchev–Trinajstić information content (AvgIpc) is 2.74. The van der Waals surface area contributed by atoms with Crippen LogP contribution in [-0.2, 0) is 17.8 Å². The van der Waals surface area contributed by atoms with E-state index in [9.17, 15) is 9.59 Å². The van der Waals surface area contributed by atoms with E-state index in [-0.39, 0.29) is 23.8 Å². The summed E-state index contributed by atoms with van der Waals surface area (Å²) in [4.78, 5) is 26.8. The lowest BCUT2D eigenvalue weighted by Crippen LogP contribution is -2.60. The number of pyridine rings is 1. The highest BCUT2D eigenvalue weighted by atomic mass is 35.6. The average molecular weight is 514 g/mol. The molecule has 0 unspecified atom stereocenters. The number of nitrogens with zero attached hydrogens (tertiary/aromatic N) is 2. The molecule has 0 spiro atoms. The number of hydrogen-bond acceptors (Lipinski definition) is 3. The molecule has 3 atom stereocenters. The van der Waals surface area contributed by atoms with Gasteiger partial charge in [-0.25, -0.2) is 0 Å². The highest BCUT2D eigenvalue weighted by Gasteiger charge is 2.38. The minimum Gasteiger partial charge on any atom is -0.348 e. The van der Waals surface area contributed by atoms with Crippen molar-refractivity contribution in [2.45, 2.75) is 35.3 Å². The number of carbonyl (C=O) groups excluding carboxylic acids is 1. The summed E-state index contributed by atoms with van der Waals surface area (Å²) in [6.45, 7) is 2.00. The van der Waals surface area contributed by atoms with Gasteiger partial charge in [-0.3, -0.25) is 9.59 Å². The fourth-order valence-electron chi connectivity index (χ4n) is 4.47. The van der Waals surface area contributed by atoms with Crippen LogP contribution in [0.3, 0.4) is 0 Å². The smallest absolute Gasteiger partial charge is 0.250 e. The number of amides is 1. The molecule has 32 heavy (non-hydrogen) atoms. The number of hydrogen-bond donors (Lipinski definition) is 2. The van der Waals surface area contributed by atoms with E-state index in [1.165, 1.54) is 0 Å². The van der Waals surface area contributed by atoms with E-state index in [2.05, 4.69) is 10.6 Å². The minimum atomic E-state index is -1.80. The first kappa shape index (κ1) is 23.4. The number of nitrogens with one attached hydrogen (secondary N) is 2. The molecule has 3 heterocycles. The first-order valence-corrected chi connectivity index (χ1v) is 11.9. The Bertz CT molecular complexity index is 1060. The quantitative estimate of drug-likeness (QED) is 0.373. The van der Waals surface area contributed by atoms with Gasteiger partial charge < -0.3 is 20.1 Å². The van der Waals surface area contributed by atoms with Crippen molar-refractivity contribution in [2.75, 3.05) is 13.1 Å². The monoisotopic (exact) mass is 512 g/mol. The summed E-state index contributed by atoms with van der Waals surface area (Å²) in [6, 6.07) is 14.7. The SMILES string of the molecule is O=C(Cc1ccccc1)N[C@H](NC(=S)N1C[C@@H]2C[C@@H](C1)c1cccc(=O)n1C2)C(Cl)(Cl)Cl. The van der Waals surface area contributed by atoms with Crippen molar-refractivity contribution in [1.29, 1.82) is 0 Å². The van der Waals surface area contributed by atoms with E-state index >= 15 is 0 Å². The molecule has 10 heteroatoms. The number of alkyl halides is 3. The van der Waals surface area contributed by atoms with Crippen LogP contribution in [0, 0.1) is 5.92 Å². The Morgan fingerprint density at radius 2 is 1.81 bits per heavy atom. The Labute approximate surface area is 206 Å². The van der Waals surface area contributed by atoms with Gasteiger partial charge in [0.1, 0.15) is 6.17 Å². The fourth-order valence-corrected chi connectivity index (χ4v) is 5.06. The number of rotatable bonds is 4. The molecule has 6 nitrogen and oxygen atoms in total. The molecule has 0 saturated carbocycles. The van der Waals surface area contributed by atoms with Gasteiger partial charge in [0.05, 0.1) is 6.42 Å². The number of fused-ring (bicyclic) bond motifs is 4. The highest BCUT2D eigenvalue weighted by Crippen LogP contribution is 2.35. The Kier molecular flexibility index (Phi) is 7.00. The predicted molar refractivity (Wildman–Crippen MR) is 131 cm³/mol. The number of aromatic nitrogens is 1. The molecule has 4 rings (SSSR count). The Hall–Kier alpha value is -1.80. The molecule has 1 aromatic carbocycles. The maximum atomic E-state index is 12.5. The second-order valence-corrected chi connectivity index (χ2v) is 11.0. The zero-order chi connectivity index (χ0) is 22.9. The Morgan fingerprint density at radius 3 is 2.53 bits per heavy atom. The van der Waals surface area contributed by atoms with Gasteiger partial charge in [-0.05, 0) is 36.2 Å². The number of carbonyl (C=O) groups is 1. The number of likely N-dealkylation sites (tertiary alicyclic amines) is 1. The maximum absolute atomic E-state index is 12.5. The molecular formula is C22H23Cl3N4O2S. The van der Waals surface area contributed by atoms with Crippen LogP contribution in [0.4, 0.5) is 0 Å². The third kappa shape index (κ3) is 5.39. The van der Waals surface area contributed by atoms with Gasteiger partial charge in [0.2, 0.25) is 9.70 Å². The fraction of sp³-hybridized carbons (Fsp3) is 0.409. The van der Waals surface area contributed by atoms with E-state index in [4.69, 9.17) is 47.0 Å². The van der Waals surface area contributed by atoms with Crippen molar-refractivity contribution in [3.63, 3.8) is 0 Å². The van der Waals surface area contributed by atoms with E-state index < -0.39 is 9.96 Å². The summed E-state index contributed by atoms with van der Waals surface area (Å²) in [5.74, 6) is 0.196. The summed E-state index contributed by atoms with van der Waals surface area (Å²) in [5.41, 5.74) is 1.91. The van der Waals surface area contributed by atoms with Gasteiger partial charge >= 0.3 is 0 Å². The lowest BCUT2D eigenvalue weighted by atomic mass is 9.83. The van der Waals surface area contributed by atoms with Crippen LogP contribution < -0.4 is 16.2 Å². The van der Waals surface area contributed by atoms with Crippen LogP contribution in [0.25, 0.3) is 0 Å². The second-order valence-electron chi connectivity index (χ2n) is 8.26. The molecule has 1 aromatic heterocycles. The summed E-state index contributed by atoms with van der Waals surface area (Å²) >= 11 is 24.1. The largest absolute Gasteiger partial charge is 0.348 e. The van der Waals surface area contributed by atoms with Gasteiger partial charge in [0.15, 0.2) is 5.11 Å². The van der Waals surface area contributed by atoms with Crippen molar-refractivity contribution < 1.29 is 4.79 Å². The number of benzene rings is 1. The zero-order valence-corrected chi connectivity index (χ0v) is 20.2. The molecule has 2 N–H and O–H groups in total.